The van der Waals surface area contributed by atoms with Crippen molar-refractivity contribution in [3.63, 3.8) is 0 Å². The van der Waals surface area contributed by atoms with Crippen molar-refractivity contribution in [2.24, 2.45) is 0 Å². The smallest absolute Gasteiger partial charge is 0.395 e. The van der Waals surface area contributed by atoms with E-state index in [0.717, 1.165) is 12.1 Å². The highest BCUT2D eigenvalue weighted by atomic mass is 35.5. The van der Waals surface area contributed by atoms with Gasteiger partial charge in [-0.05, 0) is 31.4 Å². The number of alkyl halides is 3. The summed E-state index contributed by atoms with van der Waals surface area (Å²) in [6.07, 6.45) is -2.85. The Kier molecular flexibility index (Phi) is 6.37. The second-order valence-electron chi connectivity index (χ2n) is 4.41. The summed E-state index contributed by atoms with van der Waals surface area (Å²) >= 11 is 6.86. The number of amides is 1. The molecule has 0 aromatic heterocycles. The zero-order chi connectivity index (χ0) is 16.2. The summed E-state index contributed by atoms with van der Waals surface area (Å²) in [5.41, 5.74) is -1.18. The Bertz CT molecular complexity index is 507. The summed E-state index contributed by atoms with van der Waals surface area (Å²) in [5.74, 6) is -0.642. The van der Waals surface area contributed by atoms with Crippen LogP contribution in [0.4, 0.5) is 13.2 Å². The van der Waals surface area contributed by atoms with E-state index in [1.54, 1.807) is 13.2 Å². The number of halogens is 4. The Morgan fingerprint density at radius 3 is 2.57 bits per heavy atom. The van der Waals surface area contributed by atoms with Crippen molar-refractivity contribution >= 4 is 29.3 Å². The quantitative estimate of drug-likeness (QED) is 0.864. The van der Waals surface area contributed by atoms with E-state index in [0.29, 0.717) is 0 Å². The third-order valence-corrected chi connectivity index (χ3v) is 4.43. The third-order valence-electron chi connectivity index (χ3n) is 2.93. The molecule has 0 aliphatic carbocycles. The number of aliphatic hydroxyl groups excluding tert-OH is 1. The minimum absolute atomic E-state index is 0.128. The van der Waals surface area contributed by atoms with Crippen molar-refractivity contribution in [2.75, 3.05) is 12.9 Å². The lowest BCUT2D eigenvalue weighted by atomic mass is 10.1. The van der Waals surface area contributed by atoms with Crippen LogP contribution in [0.15, 0.2) is 18.2 Å². The molecule has 0 fully saturated rings. The fourth-order valence-corrected chi connectivity index (χ4v) is 2.55. The van der Waals surface area contributed by atoms with Gasteiger partial charge in [0.1, 0.15) is 0 Å². The Balaban J connectivity index is 2.94. The highest BCUT2D eigenvalue weighted by molar-refractivity contribution is 7.99. The monoisotopic (exact) mass is 341 g/mol. The van der Waals surface area contributed by atoms with Gasteiger partial charge in [0, 0.05) is 16.9 Å². The first-order valence-electron chi connectivity index (χ1n) is 6.02. The Morgan fingerprint density at radius 2 is 2.10 bits per heavy atom. The number of aliphatic hydroxyl groups is 1. The van der Waals surface area contributed by atoms with Crippen molar-refractivity contribution in [2.45, 2.75) is 24.4 Å². The normalized spacial score (nSPS) is 14.6. The number of hydrogen-bond donors (Lipinski definition) is 2. The van der Waals surface area contributed by atoms with Crippen LogP contribution >= 0.6 is 23.4 Å². The van der Waals surface area contributed by atoms with E-state index in [4.69, 9.17) is 16.7 Å². The first-order chi connectivity index (χ1) is 9.70. The average Bonchev–Trinajstić information content (AvgIpc) is 2.39. The van der Waals surface area contributed by atoms with Crippen molar-refractivity contribution in [1.29, 1.82) is 0 Å². The highest BCUT2D eigenvalue weighted by Crippen LogP contribution is 2.35. The minimum Gasteiger partial charge on any atom is -0.395 e. The molecule has 0 bridgehead atoms. The molecule has 2 atom stereocenters. The van der Waals surface area contributed by atoms with Crippen LogP contribution in [0.2, 0.25) is 5.02 Å². The molecule has 1 amide bonds. The van der Waals surface area contributed by atoms with Gasteiger partial charge in [-0.25, -0.2) is 0 Å². The van der Waals surface area contributed by atoms with Crippen LogP contribution in [-0.4, -0.2) is 35.2 Å². The maximum atomic E-state index is 12.7. The molecular formula is C13H15ClF3NO2S. The molecule has 0 saturated carbocycles. The molecule has 2 N–H and O–H groups in total. The summed E-state index contributed by atoms with van der Waals surface area (Å²) in [6.45, 7) is 1.53. The van der Waals surface area contributed by atoms with Crippen molar-refractivity contribution in [3.8, 4) is 0 Å². The summed E-state index contributed by atoms with van der Waals surface area (Å²) in [6, 6.07) is 2.61. The van der Waals surface area contributed by atoms with Gasteiger partial charge >= 0.3 is 6.18 Å². The number of carbonyl (C=O) groups is 1. The van der Waals surface area contributed by atoms with Crippen LogP contribution in [0.5, 0.6) is 0 Å². The minimum atomic E-state index is -4.62. The van der Waals surface area contributed by atoms with E-state index in [1.807, 2.05) is 0 Å². The molecule has 118 valence electrons. The zero-order valence-electron chi connectivity index (χ0n) is 11.4. The fourth-order valence-electron chi connectivity index (χ4n) is 1.70. The van der Waals surface area contributed by atoms with Gasteiger partial charge in [0.25, 0.3) is 5.91 Å². The van der Waals surface area contributed by atoms with E-state index < -0.39 is 22.7 Å². The van der Waals surface area contributed by atoms with Crippen LogP contribution in [-0.2, 0) is 6.18 Å². The second-order valence-corrected chi connectivity index (χ2v) is 5.90. The first kappa shape index (κ1) is 18.1. The summed E-state index contributed by atoms with van der Waals surface area (Å²) in [5, 5.41) is 11.0. The first-order valence-corrected chi connectivity index (χ1v) is 7.68. The lowest BCUT2D eigenvalue weighted by molar-refractivity contribution is -0.137. The van der Waals surface area contributed by atoms with Crippen molar-refractivity contribution in [1.82, 2.24) is 5.32 Å². The van der Waals surface area contributed by atoms with Gasteiger partial charge in [-0.2, -0.15) is 24.9 Å². The van der Waals surface area contributed by atoms with Crippen molar-refractivity contribution in [3.05, 3.63) is 34.3 Å². The molecule has 0 spiro atoms. The van der Waals surface area contributed by atoms with Crippen LogP contribution < -0.4 is 5.32 Å². The van der Waals surface area contributed by atoms with Gasteiger partial charge < -0.3 is 10.4 Å². The van der Waals surface area contributed by atoms with Crippen LogP contribution in [0.25, 0.3) is 0 Å². The lowest BCUT2D eigenvalue weighted by Gasteiger charge is -2.21. The standard InChI is InChI=1S/C13H15ClF3NO2S/c1-7(11(6-19)21-2)18-12(20)8-3-4-10(14)9(5-8)13(15,16)17/h3-5,7,11,19H,6H2,1-2H3,(H,18,20). The molecule has 0 saturated heterocycles. The van der Waals surface area contributed by atoms with E-state index in [-0.39, 0.29) is 23.5 Å². The molecule has 0 aliphatic heterocycles. The average molecular weight is 342 g/mol. The molecule has 0 radical (unpaired) electrons. The molecule has 3 nitrogen and oxygen atoms in total. The number of benzene rings is 1. The molecule has 8 heteroatoms. The largest absolute Gasteiger partial charge is 0.417 e. The van der Waals surface area contributed by atoms with Gasteiger partial charge in [-0.15, -0.1) is 0 Å². The Labute approximate surface area is 129 Å². The van der Waals surface area contributed by atoms with E-state index in [2.05, 4.69) is 5.32 Å². The summed E-state index contributed by atoms with van der Waals surface area (Å²) in [4.78, 5) is 12.0. The zero-order valence-corrected chi connectivity index (χ0v) is 12.9. The number of nitrogens with one attached hydrogen (secondary N) is 1. The number of carbonyl (C=O) groups excluding carboxylic acids is 1. The molecule has 0 aliphatic rings. The van der Waals surface area contributed by atoms with E-state index in [9.17, 15) is 18.0 Å². The summed E-state index contributed by atoms with van der Waals surface area (Å²) in [7, 11) is 0. The Morgan fingerprint density at radius 1 is 1.48 bits per heavy atom. The van der Waals surface area contributed by atoms with E-state index in [1.165, 1.54) is 17.8 Å². The summed E-state index contributed by atoms with van der Waals surface area (Å²) < 4.78 is 38.2. The van der Waals surface area contributed by atoms with Gasteiger partial charge in [0.15, 0.2) is 0 Å². The molecule has 2 unspecified atom stereocenters. The van der Waals surface area contributed by atoms with Gasteiger partial charge in [-0.3, -0.25) is 4.79 Å². The molecule has 21 heavy (non-hydrogen) atoms. The molecule has 0 heterocycles. The SMILES string of the molecule is CSC(CO)C(C)NC(=O)c1ccc(Cl)c(C(F)(F)F)c1. The predicted molar refractivity (Wildman–Crippen MR) is 77.8 cm³/mol. The fraction of sp³-hybridized carbons (Fsp3) is 0.462. The highest BCUT2D eigenvalue weighted by Gasteiger charge is 2.34. The molecule has 1 aromatic rings. The molecular weight excluding hydrogens is 327 g/mol. The molecule has 1 aromatic carbocycles. The predicted octanol–water partition coefficient (Wildman–Crippen LogP) is 3.20. The molecule has 1 rings (SSSR count). The number of thioether (sulfide) groups is 1. The van der Waals surface area contributed by atoms with Crippen LogP contribution in [0.3, 0.4) is 0 Å². The topological polar surface area (TPSA) is 49.3 Å². The van der Waals surface area contributed by atoms with Gasteiger partial charge in [0.05, 0.1) is 17.2 Å². The van der Waals surface area contributed by atoms with Gasteiger partial charge in [0.2, 0.25) is 0 Å². The van der Waals surface area contributed by atoms with Crippen LogP contribution in [0.1, 0.15) is 22.8 Å². The number of hydrogen-bond acceptors (Lipinski definition) is 3. The van der Waals surface area contributed by atoms with Crippen LogP contribution in [0, 0.1) is 0 Å². The van der Waals surface area contributed by atoms with Crippen molar-refractivity contribution < 1.29 is 23.1 Å². The Hall–Kier alpha value is -0.920. The maximum Gasteiger partial charge on any atom is 0.417 e. The van der Waals surface area contributed by atoms with E-state index >= 15 is 0 Å². The third kappa shape index (κ3) is 4.79. The number of rotatable bonds is 5. The maximum absolute atomic E-state index is 12.7. The van der Waals surface area contributed by atoms with Gasteiger partial charge in [-0.1, -0.05) is 11.6 Å². The lowest BCUT2D eigenvalue weighted by Crippen LogP contribution is -2.41. The second kappa shape index (κ2) is 7.38.